The number of carboxylic acid groups (broad SMARTS) is 1. The van der Waals surface area contributed by atoms with Crippen molar-refractivity contribution in [2.24, 2.45) is 0 Å². The topological polar surface area (TPSA) is 57.5 Å². The highest BCUT2D eigenvalue weighted by molar-refractivity contribution is 5.85. The van der Waals surface area contributed by atoms with E-state index in [-0.39, 0.29) is 22.2 Å². The molecule has 158 valence electrons. The Balaban J connectivity index is 2.61. The summed E-state index contributed by atoms with van der Waals surface area (Å²) in [7, 11) is 0. The van der Waals surface area contributed by atoms with E-state index in [4.69, 9.17) is 5.11 Å². The van der Waals surface area contributed by atoms with E-state index in [9.17, 15) is 18.7 Å². The number of phenols is 1. The van der Waals surface area contributed by atoms with Gasteiger partial charge in [-0.25, -0.2) is 9.18 Å². The molecule has 0 atom stereocenters. The Hall–Kier alpha value is -2.43. The second-order valence-corrected chi connectivity index (χ2v) is 9.00. The lowest BCUT2D eigenvalue weighted by Crippen LogP contribution is -2.33. The molecule has 0 aliphatic heterocycles. The lowest BCUT2D eigenvalue weighted by atomic mass is 9.62. The van der Waals surface area contributed by atoms with Crippen LogP contribution in [0.5, 0.6) is 5.75 Å². The molecule has 0 heterocycles. The number of hydrogen-bond donors (Lipinski definition) is 2. The SMILES string of the molecule is CC/C(=C(F)/C=C/C(C)=C(/F)C(=O)O)c1cc2c(cc1O)C(C)(C)CCC2(C)C. The van der Waals surface area contributed by atoms with Crippen LogP contribution < -0.4 is 0 Å². The van der Waals surface area contributed by atoms with Crippen LogP contribution in [0.1, 0.15) is 77.5 Å². The maximum atomic E-state index is 14.9. The number of allylic oxidation sites excluding steroid dienone is 5. The first-order chi connectivity index (χ1) is 13.3. The summed E-state index contributed by atoms with van der Waals surface area (Å²) in [5.74, 6) is -3.63. The lowest BCUT2D eigenvalue weighted by Gasteiger charge is -2.42. The van der Waals surface area contributed by atoms with Crippen molar-refractivity contribution in [2.45, 2.75) is 71.6 Å². The van der Waals surface area contributed by atoms with Crippen molar-refractivity contribution in [3.05, 3.63) is 58.2 Å². The summed E-state index contributed by atoms with van der Waals surface area (Å²) in [5.41, 5.74) is 2.53. The number of halogens is 2. The zero-order valence-electron chi connectivity index (χ0n) is 18.0. The summed E-state index contributed by atoms with van der Waals surface area (Å²) in [6.45, 7) is 11.6. The van der Waals surface area contributed by atoms with Crippen molar-refractivity contribution in [3.63, 3.8) is 0 Å². The van der Waals surface area contributed by atoms with Crippen LogP contribution in [0.3, 0.4) is 0 Å². The molecule has 0 saturated heterocycles. The Kier molecular flexibility index (Phi) is 6.41. The minimum Gasteiger partial charge on any atom is -0.507 e. The van der Waals surface area contributed by atoms with Gasteiger partial charge in [-0.15, -0.1) is 0 Å². The summed E-state index contributed by atoms with van der Waals surface area (Å²) in [4.78, 5) is 10.7. The van der Waals surface area contributed by atoms with Gasteiger partial charge in [-0.2, -0.15) is 4.39 Å². The largest absolute Gasteiger partial charge is 0.507 e. The Morgan fingerprint density at radius 1 is 1.07 bits per heavy atom. The molecular formula is C24H30F2O3. The first-order valence-corrected chi connectivity index (χ1v) is 9.86. The van der Waals surface area contributed by atoms with Crippen LogP contribution in [0.25, 0.3) is 5.57 Å². The molecule has 0 fully saturated rings. The van der Waals surface area contributed by atoms with Gasteiger partial charge in [0.25, 0.3) is 0 Å². The highest BCUT2D eigenvalue weighted by Crippen LogP contribution is 2.48. The third-order valence-corrected chi connectivity index (χ3v) is 5.95. The maximum absolute atomic E-state index is 14.9. The fraction of sp³-hybridized carbons (Fsp3) is 0.458. The molecular weight excluding hydrogens is 374 g/mol. The van der Waals surface area contributed by atoms with Gasteiger partial charge in [0.15, 0.2) is 0 Å². The second-order valence-electron chi connectivity index (χ2n) is 9.00. The Labute approximate surface area is 171 Å². The maximum Gasteiger partial charge on any atom is 0.365 e. The predicted molar refractivity (Wildman–Crippen MR) is 112 cm³/mol. The number of hydrogen-bond acceptors (Lipinski definition) is 2. The number of rotatable bonds is 5. The molecule has 5 heteroatoms. The third-order valence-electron chi connectivity index (χ3n) is 5.95. The van der Waals surface area contributed by atoms with Gasteiger partial charge in [0.05, 0.1) is 0 Å². The number of aliphatic carboxylic acids is 1. The van der Waals surface area contributed by atoms with Gasteiger partial charge < -0.3 is 10.2 Å². The van der Waals surface area contributed by atoms with Crippen molar-refractivity contribution in [3.8, 4) is 5.75 Å². The molecule has 0 aromatic heterocycles. The summed E-state index contributed by atoms with van der Waals surface area (Å²) in [5, 5.41) is 19.4. The molecule has 29 heavy (non-hydrogen) atoms. The zero-order chi connectivity index (χ0) is 22.1. The van der Waals surface area contributed by atoms with E-state index in [0.717, 1.165) is 36.1 Å². The minimum atomic E-state index is -1.69. The smallest absolute Gasteiger partial charge is 0.365 e. The van der Waals surface area contributed by atoms with E-state index in [1.807, 2.05) is 6.07 Å². The molecule has 1 aliphatic rings. The van der Waals surface area contributed by atoms with Crippen LogP contribution in [0.15, 0.2) is 41.5 Å². The molecule has 0 amide bonds. The Morgan fingerprint density at radius 3 is 2.07 bits per heavy atom. The zero-order valence-corrected chi connectivity index (χ0v) is 18.0. The van der Waals surface area contributed by atoms with Gasteiger partial charge in [-0.05, 0) is 77.5 Å². The van der Waals surface area contributed by atoms with E-state index >= 15 is 0 Å². The number of benzene rings is 1. The summed E-state index contributed by atoms with van der Waals surface area (Å²) in [6, 6.07) is 3.62. The monoisotopic (exact) mass is 404 g/mol. The highest BCUT2D eigenvalue weighted by Gasteiger charge is 2.38. The van der Waals surface area contributed by atoms with E-state index in [1.165, 1.54) is 6.92 Å². The van der Waals surface area contributed by atoms with Crippen molar-refractivity contribution in [2.75, 3.05) is 0 Å². The third kappa shape index (κ3) is 4.60. The van der Waals surface area contributed by atoms with Crippen molar-refractivity contribution >= 4 is 11.5 Å². The summed E-state index contributed by atoms with van der Waals surface area (Å²) in [6.07, 6.45) is 4.45. The van der Waals surface area contributed by atoms with E-state index in [0.29, 0.717) is 17.6 Å². The lowest BCUT2D eigenvalue weighted by molar-refractivity contribution is -0.134. The number of fused-ring (bicyclic) bond motifs is 1. The highest BCUT2D eigenvalue weighted by atomic mass is 19.1. The van der Waals surface area contributed by atoms with Gasteiger partial charge in [-0.3, -0.25) is 0 Å². The van der Waals surface area contributed by atoms with Crippen molar-refractivity contribution in [1.29, 1.82) is 0 Å². The average molecular weight is 404 g/mol. The molecule has 0 saturated carbocycles. The van der Waals surface area contributed by atoms with Crippen LogP contribution in [0, 0.1) is 0 Å². The van der Waals surface area contributed by atoms with Gasteiger partial charge in [0, 0.05) is 5.56 Å². The fourth-order valence-electron chi connectivity index (χ4n) is 3.87. The summed E-state index contributed by atoms with van der Waals surface area (Å²) < 4.78 is 28.4. The Morgan fingerprint density at radius 2 is 1.59 bits per heavy atom. The first kappa shape index (κ1) is 22.9. The minimum absolute atomic E-state index is 0.0129. The van der Waals surface area contributed by atoms with Crippen LogP contribution >= 0.6 is 0 Å². The molecule has 0 radical (unpaired) electrons. The molecule has 1 aromatic rings. The van der Waals surface area contributed by atoms with Crippen molar-refractivity contribution < 1.29 is 23.8 Å². The molecule has 0 unspecified atom stereocenters. The van der Waals surface area contributed by atoms with Crippen LogP contribution in [0.2, 0.25) is 0 Å². The number of phenolic OH excluding ortho intramolecular Hbond substituents is 1. The van der Waals surface area contributed by atoms with Crippen LogP contribution in [-0.2, 0) is 15.6 Å². The van der Waals surface area contributed by atoms with Gasteiger partial charge >= 0.3 is 5.97 Å². The standard InChI is InChI=1S/C24H30F2O3/c1-7-15(19(25)9-8-14(2)21(26)22(28)29)16-12-17-18(13-20(16)27)24(5,6)11-10-23(17,3)4/h8-9,12-13,27H,7,10-11H2,1-6H3,(H,28,29)/b9-8+,19-15+,21-14+. The number of carboxylic acids is 1. The van der Waals surface area contributed by atoms with Gasteiger partial charge in [0.1, 0.15) is 11.6 Å². The normalized spacial score (nSPS) is 19.4. The van der Waals surface area contributed by atoms with E-state index in [1.54, 1.807) is 13.0 Å². The van der Waals surface area contributed by atoms with E-state index < -0.39 is 17.6 Å². The molecule has 1 aliphatic carbocycles. The molecule has 2 N–H and O–H groups in total. The quantitative estimate of drug-likeness (QED) is 0.423. The van der Waals surface area contributed by atoms with Crippen LogP contribution in [-0.4, -0.2) is 16.2 Å². The summed E-state index contributed by atoms with van der Waals surface area (Å²) >= 11 is 0. The molecule has 2 rings (SSSR count). The Bertz CT molecular complexity index is 918. The predicted octanol–water partition coefficient (Wildman–Crippen LogP) is 6.72. The molecule has 1 aromatic carbocycles. The number of carbonyl (C=O) groups is 1. The van der Waals surface area contributed by atoms with Gasteiger partial charge in [0.2, 0.25) is 5.83 Å². The fourth-order valence-corrected chi connectivity index (χ4v) is 3.87. The van der Waals surface area contributed by atoms with E-state index in [2.05, 4.69) is 27.7 Å². The second kappa shape index (κ2) is 8.13. The van der Waals surface area contributed by atoms with Gasteiger partial charge in [-0.1, -0.05) is 40.7 Å². The molecule has 0 bridgehead atoms. The number of aromatic hydroxyl groups is 1. The van der Waals surface area contributed by atoms with Crippen LogP contribution in [0.4, 0.5) is 8.78 Å². The first-order valence-electron chi connectivity index (χ1n) is 9.86. The molecule has 0 spiro atoms. The average Bonchev–Trinajstić information content (AvgIpc) is 2.64. The molecule has 3 nitrogen and oxygen atoms in total. The van der Waals surface area contributed by atoms with Crippen molar-refractivity contribution in [1.82, 2.24) is 0 Å².